The van der Waals surface area contributed by atoms with Gasteiger partial charge in [0.1, 0.15) is 0 Å². The Morgan fingerprint density at radius 1 is 1.57 bits per heavy atom. The molecule has 0 radical (unpaired) electrons. The highest BCUT2D eigenvalue weighted by atomic mass is 32.1. The molecule has 3 nitrogen and oxygen atoms in total. The number of rotatable bonds is 3. The van der Waals surface area contributed by atoms with E-state index in [1.54, 1.807) is 21.0 Å². The second kappa shape index (κ2) is 4.57. The number of hydrogen-bond donors (Lipinski definition) is 1. The summed E-state index contributed by atoms with van der Waals surface area (Å²) in [5.74, 6) is -0.436. The van der Waals surface area contributed by atoms with Gasteiger partial charge in [-0.3, -0.25) is 4.79 Å². The van der Waals surface area contributed by atoms with Gasteiger partial charge in [0.25, 0.3) is 0 Å². The smallest absolute Gasteiger partial charge is 0.227 e. The van der Waals surface area contributed by atoms with Crippen molar-refractivity contribution >= 4 is 17.2 Å². The van der Waals surface area contributed by atoms with Gasteiger partial charge in [0.2, 0.25) is 5.91 Å². The molecule has 0 saturated heterocycles. The highest BCUT2D eigenvalue weighted by Crippen LogP contribution is 2.26. The number of hydrogen-bond acceptors (Lipinski definition) is 3. The second-order valence-corrected chi connectivity index (χ2v) is 4.46. The molecule has 1 heterocycles. The van der Waals surface area contributed by atoms with E-state index in [1.807, 2.05) is 17.5 Å². The van der Waals surface area contributed by atoms with E-state index in [-0.39, 0.29) is 11.8 Å². The van der Waals surface area contributed by atoms with Gasteiger partial charge in [-0.25, -0.2) is 0 Å². The summed E-state index contributed by atoms with van der Waals surface area (Å²) in [6.45, 7) is 1.74. The Bertz CT molecular complexity index is 295. The lowest BCUT2D eigenvalue weighted by Gasteiger charge is -2.20. The van der Waals surface area contributed by atoms with Crippen molar-refractivity contribution in [2.24, 2.45) is 5.92 Å². The molecule has 0 saturated carbocycles. The van der Waals surface area contributed by atoms with Crippen molar-refractivity contribution < 1.29 is 9.90 Å². The van der Waals surface area contributed by atoms with Crippen LogP contribution in [0.1, 0.15) is 17.9 Å². The predicted octanol–water partition coefficient (Wildman–Crippen LogP) is 1.51. The lowest BCUT2D eigenvalue weighted by Crippen LogP contribution is -2.31. The molecule has 0 spiro atoms. The Morgan fingerprint density at radius 2 is 2.21 bits per heavy atom. The maximum Gasteiger partial charge on any atom is 0.227 e. The van der Waals surface area contributed by atoms with Gasteiger partial charge in [-0.15, -0.1) is 11.3 Å². The molecule has 14 heavy (non-hydrogen) atoms. The molecule has 2 atom stereocenters. The van der Waals surface area contributed by atoms with Crippen LogP contribution in [0.15, 0.2) is 17.5 Å². The zero-order chi connectivity index (χ0) is 10.7. The standard InChI is InChI=1S/C10H15NO2S/c1-7(10(13)11(2)3)9(12)8-5-4-6-14-8/h4-7,9,12H,1-3H3/t7-,9+/m0/s1. The van der Waals surface area contributed by atoms with Crippen LogP contribution in [-0.4, -0.2) is 30.0 Å². The van der Waals surface area contributed by atoms with Gasteiger partial charge in [0, 0.05) is 19.0 Å². The van der Waals surface area contributed by atoms with Crippen LogP contribution < -0.4 is 0 Å². The molecule has 0 aliphatic heterocycles. The van der Waals surface area contributed by atoms with Crippen LogP contribution in [0.3, 0.4) is 0 Å². The second-order valence-electron chi connectivity index (χ2n) is 3.48. The summed E-state index contributed by atoms with van der Waals surface area (Å²) in [6, 6.07) is 3.71. The molecule has 0 fully saturated rings. The zero-order valence-corrected chi connectivity index (χ0v) is 9.41. The van der Waals surface area contributed by atoms with E-state index in [1.165, 1.54) is 16.2 Å². The number of thiophene rings is 1. The summed E-state index contributed by atoms with van der Waals surface area (Å²) in [4.78, 5) is 13.9. The first kappa shape index (κ1) is 11.2. The van der Waals surface area contributed by atoms with Gasteiger partial charge in [-0.2, -0.15) is 0 Å². The van der Waals surface area contributed by atoms with Crippen LogP contribution in [0.25, 0.3) is 0 Å². The number of amides is 1. The van der Waals surface area contributed by atoms with Gasteiger partial charge in [0.15, 0.2) is 0 Å². The van der Waals surface area contributed by atoms with Crippen molar-refractivity contribution in [1.29, 1.82) is 0 Å². The van der Waals surface area contributed by atoms with Gasteiger partial charge in [-0.05, 0) is 11.4 Å². The van der Waals surface area contributed by atoms with E-state index in [2.05, 4.69) is 0 Å². The first-order chi connectivity index (χ1) is 6.54. The molecule has 78 valence electrons. The maximum atomic E-state index is 11.6. The lowest BCUT2D eigenvalue weighted by molar-refractivity contribution is -0.136. The average Bonchev–Trinajstić information content (AvgIpc) is 2.67. The normalized spacial score (nSPS) is 14.9. The van der Waals surface area contributed by atoms with E-state index in [9.17, 15) is 9.90 Å². The van der Waals surface area contributed by atoms with Crippen LogP contribution >= 0.6 is 11.3 Å². The quantitative estimate of drug-likeness (QED) is 0.826. The molecule has 1 rings (SSSR count). The first-order valence-electron chi connectivity index (χ1n) is 4.46. The molecule has 0 bridgehead atoms. The molecule has 1 N–H and O–H groups in total. The van der Waals surface area contributed by atoms with E-state index in [0.29, 0.717) is 0 Å². The average molecular weight is 213 g/mol. The SMILES string of the molecule is C[C@H](C(=O)N(C)C)[C@@H](O)c1cccs1. The molecule has 0 aromatic carbocycles. The molecule has 4 heteroatoms. The minimum absolute atomic E-state index is 0.0501. The minimum Gasteiger partial charge on any atom is -0.387 e. The fourth-order valence-electron chi connectivity index (χ4n) is 1.25. The summed E-state index contributed by atoms with van der Waals surface area (Å²) < 4.78 is 0. The third kappa shape index (κ3) is 2.33. The van der Waals surface area contributed by atoms with E-state index in [0.717, 1.165) is 4.88 Å². The van der Waals surface area contributed by atoms with Crippen molar-refractivity contribution in [1.82, 2.24) is 4.90 Å². The molecule has 0 aliphatic rings. The molecule has 0 unspecified atom stereocenters. The number of aliphatic hydroxyl groups excluding tert-OH is 1. The highest BCUT2D eigenvalue weighted by molar-refractivity contribution is 7.10. The Balaban J connectivity index is 2.70. The van der Waals surface area contributed by atoms with Gasteiger partial charge < -0.3 is 10.0 Å². The first-order valence-corrected chi connectivity index (χ1v) is 5.34. The summed E-state index contributed by atoms with van der Waals surface area (Å²) >= 11 is 1.47. The van der Waals surface area contributed by atoms with Crippen molar-refractivity contribution in [2.75, 3.05) is 14.1 Å². The van der Waals surface area contributed by atoms with Crippen molar-refractivity contribution in [3.05, 3.63) is 22.4 Å². The molecule has 0 aliphatic carbocycles. The monoisotopic (exact) mass is 213 g/mol. The number of carbonyl (C=O) groups excluding carboxylic acids is 1. The van der Waals surface area contributed by atoms with Crippen LogP contribution in [0.4, 0.5) is 0 Å². The van der Waals surface area contributed by atoms with E-state index < -0.39 is 6.10 Å². The summed E-state index contributed by atoms with van der Waals surface area (Å²) in [6.07, 6.45) is -0.690. The lowest BCUT2D eigenvalue weighted by atomic mass is 10.0. The Hall–Kier alpha value is -0.870. The summed E-state index contributed by atoms with van der Waals surface area (Å²) in [5.41, 5.74) is 0. The van der Waals surface area contributed by atoms with Crippen LogP contribution in [-0.2, 0) is 4.79 Å². The van der Waals surface area contributed by atoms with Gasteiger partial charge in [-0.1, -0.05) is 13.0 Å². The minimum atomic E-state index is -0.690. The fraction of sp³-hybridized carbons (Fsp3) is 0.500. The number of nitrogens with zero attached hydrogens (tertiary/aromatic N) is 1. The molecule has 1 aromatic rings. The zero-order valence-electron chi connectivity index (χ0n) is 8.60. The largest absolute Gasteiger partial charge is 0.387 e. The van der Waals surface area contributed by atoms with Crippen LogP contribution in [0.5, 0.6) is 0 Å². The Morgan fingerprint density at radius 3 is 2.64 bits per heavy atom. The van der Waals surface area contributed by atoms with Crippen LogP contribution in [0, 0.1) is 5.92 Å². The molecular weight excluding hydrogens is 198 g/mol. The number of carbonyl (C=O) groups is 1. The van der Waals surface area contributed by atoms with Crippen molar-refractivity contribution in [3.63, 3.8) is 0 Å². The molecular formula is C10H15NO2S. The van der Waals surface area contributed by atoms with Crippen molar-refractivity contribution in [2.45, 2.75) is 13.0 Å². The van der Waals surface area contributed by atoms with Gasteiger partial charge in [0.05, 0.1) is 12.0 Å². The van der Waals surface area contributed by atoms with Gasteiger partial charge >= 0.3 is 0 Å². The third-order valence-corrected chi connectivity index (χ3v) is 3.08. The maximum absolute atomic E-state index is 11.6. The summed E-state index contributed by atoms with van der Waals surface area (Å²) in [5, 5.41) is 11.8. The van der Waals surface area contributed by atoms with E-state index in [4.69, 9.17) is 0 Å². The predicted molar refractivity (Wildman–Crippen MR) is 57.1 cm³/mol. The number of aliphatic hydroxyl groups is 1. The Kier molecular flexibility index (Phi) is 3.66. The molecule has 1 amide bonds. The highest BCUT2D eigenvalue weighted by Gasteiger charge is 2.25. The van der Waals surface area contributed by atoms with Crippen molar-refractivity contribution in [3.8, 4) is 0 Å². The Labute approximate surface area is 88.0 Å². The topological polar surface area (TPSA) is 40.5 Å². The van der Waals surface area contributed by atoms with Crippen LogP contribution in [0.2, 0.25) is 0 Å². The summed E-state index contributed by atoms with van der Waals surface area (Å²) in [7, 11) is 3.39. The fourth-order valence-corrected chi connectivity index (χ4v) is 2.06. The molecule has 1 aromatic heterocycles. The third-order valence-electron chi connectivity index (χ3n) is 2.14. The van der Waals surface area contributed by atoms with E-state index >= 15 is 0 Å².